The molecule has 0 spiro atoms. The van der Waals surface area contributed by atoms with Gasteiger partial charge in [0.15, 0.2) is 22.9 Å². The number of quaternary nitrogens is 1. The Morgan fingerprint density at radius 1 is 1.23 bits per heavy atom. The zero-order valence-electron chi connectivity index (χ0n) is 14.6. The Balaban J connectivity index is 1.81. The lowest BCUT2D eigenvalue weighted by Crippen LogP contribution is -3.11. The fraction of sp³-hybridized carbons (Fsp3) is 0.500. The van der Waals surface area contributed by atoms with Gasteiger partial charge in [0.2, 0.25) is 0 Å². The minimum atomic E-state index is -3.20. The highest BCUT2D eigenvalue weighted by atomic mass is 35.5. The summed E-state index contributed by atoms with van der Waals surface area (Å²) in [6, 6.07) is 6.91. The first-order chi connectivity index (χ1) is 12.2. The minimum absolute atomic E-state index is 0.0533. The van der Waals surface area contributed by atoms with Gasteiger partial charge < -0.3 is 15.5 Å². The van der Waals surface area contributed by atoms with Gasteiger partial charge >= 0.3 is 0 Å². The molecular weight excluding hydrogens is 398 g/mol. The maximum atomic E-state index is 12.2. The average molecular weight is 421 g/mol. The molecule has 2 amide bonds. The number of sulfone groups is 1. The molecule has 0 aromatic heterocycles. The molecule has 1 saturated heterocycles. The molecule has 1 unspecified atom stereocenters. The van der Waals surface area contributed by atoms with Crippen LogP contribution in [-0.4, -0.2) is 69.5 Å². The molecule has 1 aromatic rings. The van der Waals surface area contributed by atoms with Crippen molar-refractivity contribution >= 4 is 50.7 Å². The summed E-state index contributed by atoms with van der Waals surface area (Å²) < 4.78 is 23.1. The van der Waals surface area contributed by atoms with E-state index in [4.69, 9.17) is 11.6 Å². The molecule has 1 heterocycles. The molecule has 0 bridgehead atoms. The molecule has 1 fully saturated rings. The SMILES string of the molecule is CSc1ccccc1NC(=O)C[NH+](C)CC(=O)N[C@@H]1CS(=O)(=O)C[C@@H]1Cl. The number of carbonyl (C=O) groups excluding carboxylic acids is 2. The van der Waals surface area contributed by atoms with E-state index < -0.39 is 21.3 Å². The summed E-state index contributed by atoms with van der Waals surface area (Å²) in [7, 11) is -1.47. The topological polar surface area (TPSA) is 96.8 Å². The summed E-state index contributed by atoms with van der Waals surface area (Å²) in [5, 5.41) is 4.88. The Morgan fingerprint density at radius 2 is 1.88 bits per heavy atom. The summed E-state index contributed by atoms with van der Waals surface area (Å²) in [6.45, 7) is 0.168. The predicted molar refractivity (Wildman–Crippen MR) is 104 cm³/mol. The molecule has 2 rings (SSSR count). The molecule has 1 aliphatic heterocycles. The van der Waals surface area contributed by atoms with Crippen molar-refractivity contribution < 1.29 is 22.9 Å². The number of hydrogen-bond donors (Lipinski definition) is 3. The zero-order chi connectivity index (χ0) is 19.3. The number of thioether (sulfide) groups is 1. The van der Waals surface area contributed by atoms with Crippen LogP contribution in [0.5, 0.6) is 0 Å². The van der Waals surface area contributed by atoms with E-state index in [1.54, 1.807) is 7.05 Å². The van der Waals surface area contributed by atoms with Gasteiger partial charge in [-0.15, -0.1) is 23.4 Å². The minimum Gasteiger partial charge on any atom is -0.346 e. The highest BCUT2D eigenvalue weighted by Gasteiger charge is 2.37. The average Bonchev–Trinajstić information content (AvgIpc) is 2.79. The van der Waals surface area contributed by atoms with E-state index >= 15 is 0 Å². The lowest BCUT2D eigenvalue weighted by atomic mass is 10.2. The third-order valence-electron chi connectivity index (χ3n) is 3.94. The number of alkyl halides is 1. The fourth-order valence-electron chi connectivity index (χ4n) is 2.75. The fourth-order valence-corrected chi connectivity index (χ4v) is 5.85. The lowest BCUT2D eigenvalue weighted by molar-refractivity contribution is -0.862. The monoisotopic (exact) mass is 420 g/mol. The summed E-state index contributed by atoms with van der Waals surface area (Å²) in [4.78, 5) is 25.9. The number of para-hydroxylation sites is 1. The van der Waals surface area contributed by atoms with Gasteiger partial charge in [-0.3, -0.25) is 9.59 Å². The van der Waals surface area contributed by atoms with Crippen LogP contribution in [0.2, 0.25) is 0 Å². The number of halogens is 1. The Hall–Kier alpha value is -1.29. The van der Waals surface area contributed by atoms with Crippen LogP contribution in [0.4, 0.5) is 5.69 Å². The summed E-state index contributed by atoms with van der Waals surface area (Å²) in [5.74, 6) is -0.791. The van der Waals surface area contributed by atoms with E-state index in [2.05, 4.69) is 10.6 Å². The highest BCUT2D eigenvalue weighted by Crippen LogP contribution is 2.24. The Labute approximate surface area is 162 Å². The van der Waals surface area contributed by atoms with Crippen molar-refractivity contribution in [2.24, 2.45) is 0 Å². The standard InChI is InChI=1S/C16H22ClN3O4S2/c1-20(7-15(21)18-12-5-3-4-6-14(12)25-2)8-16(22)19-13-10-26(23,24)9-11(13)17/h3-6,11,13H,7-10H2,1-2H3,(H,18,21)(H,19,22)/p+1/t11-,13+/m0/s1. The van der Waals surface area contributed by atoms with Crippen molar-refractivity contribution in [1.29, 1.82) is 0 Å². The van der Waals surface area contributed by atoms with Crippen LogP contribution in [0.1, 0.15) is 0 Å². The van der Waals surface area contributed by atoms with E-state index in [9.17, 15) is 18.0 Å². The van der Waals surface area contributed by atoms with Gasteiger partial charge in [0.05, 0.1) is 35.7 Å². The van der Waals surface area contributed by atoms with Gasteiger partial charge in [-0.1, -0.05) is 12.1 Å². The van der Waals surface area contributed by atoms with Gasteiger partial charge in [0, 0.05) is 4.90 Å². The van der Waals surface area contributed by atoms with Gasteiger partial charge in [-0.05, 0) is 18.4 Å². The Morgan fingerprint density at radius 3 is 2.50 bits per heavy atom. The second-order valence-corrected chi connectivity index (χ2v) is 9.89. The van der Waals surface area contributed by atoms with Crippen molar-refractivity contribution in [3.05, 3.63) is 24.3 Å². The number of nitrogens with one attached hydrogen (secondary N) is 3. The molecule has 3 N–H and O–H groups in total. The number of rotatable bonds is 7. The van der Waals surface area contributed by atoms with Crippen LogP contribution >= 0.6 is 23.4 Å². The van der Waals surface area contributed by atoms with Gasteiger partial charge in [0.1, 0.15) is 0 Å². The van der Waals surface area contributed by atoms with Crippen LogP contribution in [0, 0.1) is 0 Å². The molecule has 0 radical (unpaired) electrons. The van der Waals surface area contributed by atoms with E-state index in [1.807, 2.05) is 30.5 Å². The van der Waals surface area contributed by atoms with E-state index in [1.165, 1.54) is 11.8 Å². The first-order valence-corrected chi connectivity index (χ1v) is 11.6. The van der Waals surface area contributed by atoms with E-state index in [0.29, 0.717) is 4.90 Å². The molecule has 10 heteroatoms. The molecule has 1 aliphatic rings. The summed E-state index contributed by atoms with van der Waals surface area (Å²) >= 11 is 7.52. The quantitative estimate of drug-likeness (QED) is 0.403. The van der Waals surface area contributed by atoms with Crippen molar-refractivity contribution in [3.63, 3.8) is 0 Å². The third kappa shape index (κ3) is 6.15. The Kier molecular flexibility index (Phi) is 7.33. The van der Waals surface area contributed by atoms with Gasteiger partial charge in [-0.2, -0.15) is 0 Å². The van der Waals surface area contributed by atoms with Crippen molar-refractivity contribution in [2.75, 3.05) is 43.2 Å². The molecular formula is C16H23ClN3O4S2+. The van der Waals surface area contributed by atoms with Crippen molar-refractivity contribution in [2.45, 2.75) is 16.3 Å². The van der Waals surface area contributed by atoms with E-state index in [-0.39, 0.29) is 36.4 Å². The second-order valence-electron chi connectivity index (χ2n) is 6.33. The second kappa shape index (κ2) is 9.07. The summed E-state index contributed by atoms with van der Waals surface area (Å²) in [6.07, 6.45) is 1.93. The third-order valence-corrected chi connectivity index (χ3v) is 7.11. The zero-order valence-corrected chi connectivity index (χ0v) is 17.0. The van der Waals surface area contributed by atoms with Gasteiger partial charge in [0.25, 0.3) is 11.8 Å². The maximum absolute atomic E-state index is 12.2. The normalized spacial score (nSPS) is 22.6. The molecule has 26 heavy (non-hydrogen) atoms. The highest BCUT2D eigenvalue weighted by molar-refractivity contribution is 7.98. The van der Waals surface area contributed by atoms with E-state index in [0.717, 1.165) is 10.6 Å². The number of anilines is 1. The van der Waals surface area contributed by atoms with Crippen LogP contribution in [0.15, 0.2) is 29.2 Å². The number of likely N-dealkylation sites (N-methyl/N-ethyl adjacent to an activating group) is 1. The number of carbonyl (C=O) groups is 2. The number of amides is 2. The predicted octanol–water partition coefficient (Wildman–Crippen LogP) is -0.618. The molecule has 144 valence electrons. The smallest absolute Gasteiger partial charge is 0.279 e. The van der Waals surface area contributed by atoms with Crippen molar-refractivity contribution in [1.82, 2.24) is 5.32 Å². The van der Waals surface area contributed by atoms with Crippen LogP contribution in [-0.2, 0) is 19.4 Å². The van der Waals surface area contributed by atoms with Crippen LogP contribution < -0.4 is 15.5 Å². The molecule has 3 atom stereocenters. The van der Waals surface area contributed by atoms with Crippen molar-refractivity contribution in [3.8, 4) is 0 Å². The number of hydrogen-bond acceptors (Lipinski definition) is 5. The summed E-state index contributed by atoms with van der Waals surface area (Å²) in [5.41, 5.74) is 0.739. The lowest BCUT2D eigenvalue weighted by Gasteiger charge is -2.17. The molecule has 0 aliphatic carbocycles. The molecule has 7 nitrogen and oxygen atoms in total. The largest absolute Gasteiger partial charge is 0.346 e. The first kappa shape index (κ1) is 21.0. The molecule has 0 saturated carbocycles. The van der Waals surface area contributed by atoms with Crippen LogP contribution in [0.25, 0.3) is 0 Å². The van der Waals surface area contributed by atoms with Crippen LogP contribution in [0.3, 0.4) is 0 Å². The molecule has 1 aromatic carbocycles. The van der Waals surface area contributed by atoms with Gasteiger partial charge in [-0.25, -0.2) is 8.42 Å². The Bertz CT molecular complexity index is 773. The first-order valence-electron chi connectivity index (χ1n) is 8.08. The number of benzene rings is 1. The maximum Gasteiger partial charge on any atom is 0.279 e.